The Hall–Kier alpha value is -1.55. The Bertz CT molecular complexity index is 591. The molecule has 2 rings (SSSR count). The zero-order valence-corrected chi connectivity index (χ0v) is 9.91. The van der Waals surface area contributed by atoms with Gasteiger partial charge in [0.2, 0.25) is 9.84 Å². The molecule has 1 aromatic carbocycles. The third-order valence-electron chi connectivity index (χ3n) is 2.35. The van der Waals surface area contributed by atoms with E-state index in [0.29, 0.717) is 10.7 Å². The average molecular weight is 236 g/mol. The van der Waals surface area contributed by atoms with Crippen LogP contribution in [0.5, 0.6) is 0 Å². The highest BCUT2D eigenvalue weighted by molar-refractivity contribution is 7.91. The summed E-state index contributed by atoms with van der Waals surface area (Å²) in [6.07, 6.45) is 1.27. The van der Waals surface area contributed by atoms with Crippen LogP contribution < -0.4 is 0 Å². The molecule has 1 aromatic heterocycles. The van der Waals surface area contributed by atoms with E-state index in [-0.39, 0.29) is 4.90 Å². The summed E-state index contributed by atoms with van der Waals surface area (Å²) in [4.78, 5) is 0.493. The largest absolute Gasteiger partial charge is 0.468 e. The number of hydrogen-bond acceptors (Lipinski definition) is 3. The molecule has 16 heavy (non-hydrogen) atoms. The highest BCUT2D eigenvalue weighted by Crippen LogP contribution is 2.22. The summed E-state index contributed by atoms with van der Waals surface area (Å²) in [6.45, 7) is 3.63. The van der Waals surface area contributed by atoms with Crippen LogP contribution in [0.3, 0.4) is 0 Å². The van der Waals surface area contributed by atoms with Crippen molar-refractivity contribution in [2.75, 3.05) is 0 Å². The summed E-state index contributed by atoms with van der Waals surface area (Å²) in [5.41, 5.74) is 1.03. The van der Waals surface area contributed by atoms with Crippen molar-refractivity contribution in [2.45, 2.75) is 23.6 Å². The molecule has 0 amide bonds. The lowest BCUT2D eigenvalue weighted by Gasteiger charge is -2.01. The van der Waals surface area contributed by atoms with E-state index >= 15 is 0 Å². The van der Waals surface area contributed by atoms with Crippen LogP contribution >= 0.6 is 0 Å². The lowest BCUT2D eigenvalue weighted by molar-refractivity contribution is 0.527. The molecule has 0 N–H and O–H groups in total. The Kier molecular flexibility index (Phi) is 2.59. The first-order chi connectivity index (χ1) is 7.50. The zero-order valence-electron chi connectivity index (χ0n) is 9.10. The fourth-order valence-corrected chi connectivity index (χ4v) is 2.68. The normalized spacial score (nSPS) is 11.6. The van der Waals surface area contributed by atoms with Gasteiger partial charge in [-0.3, -0.25) is 0 Å². The fraction of sp³-hybridized carbons (Fsp3) is 0.167. The van der Waals surface area contributed by atoms with Crippen molar-refractivity contribution >= 4 is 9.84 Å². The number of rotatable bonds is 2. The third kappa shape index (κ3) is 1.88. The Morgan fingerprint density at radius 1 is 1.00 bits per heavy atom. The summed E-state index contributed by atoms with van der Waals surface area (Å²) in [5.74, 6) is 0.589. The molecular weight excluding hydrogens is 224 g/mol. The molecule has 0 unspecified atom stereocenters. The van der Waals surface area contributed by atoms with Gasteiger partial charge in [0, 0.05) is 0 Å². The number of hydrogen-bond donors (Lipinski definition) is 0. The van der Waals surface area contributed by atoms with Gasteiger partial charge in [-0.25, -0.2) is 8.42 Å². The van der Waals surface area contributed by atoms with Crippen LogP contribution in [0, 0.1) is 13.8 Å². The van der Waals surface area contributed by atoms with Crippen LogP contribution in [-0.4, -0.2) is 8.42 Å². The quantitative estimate of drug-likeness (QED) is 0.805. The molecule has 1 heterocycles. The van der Waals surface area contributed by atoms with Gasteiger partial charge in [-0.05, 0) is 32.0 Å². The van der Waals surface area contributed by atoms with Crippen LogP contribution in [0.2, 0.25) is 0 Å². The molecule has 0 fully saturated rings. The molecule has 0 spiro atoms. The minimum absolute atomic E-state index is 0.203. The number of benzene rings is 1. The molecule has 0 bridgehead atoms. The van der Waals surface area contributed by atoms with E-state index in [9.17, 15) is 8.42 Å². The number of aryl methyl sites for hydroxylation is 2. The Morgan fingerprint density at radius 3 is 2.12 bits per heavy atom. The average Bonchev–Trinajstić information content (AvgIpc) is 2.66. The smallest absolute Gasteiger partial charge is 0.209 e. The predicted molar refractivity (Wildman–Crippen MR) is 60.1 cm³/mol. The van der Waals surface area contributed by atoms with Gasteiger partial charge in [-0.2, -0.15) is 0 Å². The molecule has 0 atom stereocenters. The van der Waals surface area contributed by atoms with Gasteiger partial charge >= 0.3 is 0 Å². The van der Waals surface area contributed by atoms with E-state index in [1.54, 1.807) is 31.2 Å². The van der Waals surface area contributed by atoms with Crippen LogP contribution in [0.1, 0.15) is 11.3 Å². The van der Waals surface area contributed by atoms with Gasteiger partial charge in [-0.1, -0.05) is 17.7 Å². The maximum atomic E-state index is 12.1. The molecule has 84 valence electrons. The van der Waals surface area contributed by atoms with E-state index in [1.807, 2.05) is 6.92 Å². The van der Waals surface area contributed by atoms with Crippen molar-refractivity contribution in [3.63, 3.8) is 0 Å². The molecular formula is C12H12O3S. The highest BCUT2D eigenvalue weighted by Gasteiger charge is 2.19. The first-order valence-corrected chi connectivity index (χ1v) is 6.35. The summed E-state index contributed by atoms with van der Waals surface area (Å²) >= 11 is 0. The molecule has 0 radical (unpaired) electrons. The second kappa shape index (κ2) is 3.79. The first kappa shape index (κ1) is 11.0. The Morgan fingerprint density at radius 2 is 1.62 bits per heavy atom. The molecule has 0 saturated carbocycles. The van der Waals surface area contributed by atoms with E-state index in [0.717, 1.165) is 5.56 Å². The molecule has 4 heteroatoms. The summed E-state index contributed by atoms with van der Waals surface area (Å²) in [7, 11) is -3.43. The molecule has 0 aliphatic heterocycles. The maximum absolute atomic E-state index is 12.1. The number of furan rings is 1. The molecule has 3 nitrogen and oxygen atoms in total. The first-order valence-electron chi connectivity index (χ1n) is 4.87. The standard InChI is InChI=1S/C12H12O3S/c1-9-3-5-11(6-4-9)16(13,14)12-7-10(2)15-8-12/h3-8H,1-2H3. The van der Waals surface area contributed by atoms with E-state index in [4.69, 9.17) is 4.42 Å². The second-order valence-electron chi connectivity index (χ2n) is 3.71. The van der Waals surface area contributed by atoms with Crippen molar-refractivity contribution in [1.29, 1.82) is 0 Å². The van der Waals surface area contributed by atoms with E-state index in [2.05, 4.69) is 0 Å². The van der Waals surface area contributed by atoms with Gasteiger partial charge in [0.1, 0.15) is 16.9 Å². The lowest BCUT2D eigenvalue weighted by atomic mass is 10.2. The highest BCUT2D eigenvalue weighted by atomic mass is 32.2. The van der Waals surface area contributed by atoms with Gasteiger partial charge < -0.3 is 4.42 Å². The zero-order chi connectivity index (χ0) is 11.8. The number of sulfone groups is 1. The Labute approximate surface area is 94.6 Å². The van der Waals surface area contributed by atoms with Gasteiger partial charge in [-0.15, -0.1) is 0 Å². The van der Waals surface area contributed by atoms with Crippen LogP contribution in [0.25, 0.3) is 0 Å². The van der Waals surface area contributed by atoms with E-state index < -0.39 is 9.84 Å². The van der Waals surface area contributed by atoms with E-state index in [1.165, 1.54) is 12.3 Å². The van der Waals surface area contributed by atoms with Crippen molar-refractivity contribution in [3.05, 3.63) is 47.9 Å². The maximum Gasteiger partial charge on any atom is 0.209 e. The van der Waals surface area contributed by atoms with Gasteiger partial charge in [0.15, 0.2) is 0 Å². The third-order valence-corrected chi connectivity index (χ3v) is 4.08. The minimum atomic E-state index is -3.43. The minimum Gasteiger partial charge on any atom is -0.468 e. The van der Waals surface area contributed by atoms with Gasteiger partial charge in [0.05, 0.1) is 4.90 Å². The van der Waals surface area contributed by atoms with Crippen LogP contribution in [0.15, 0.2) is 50.8 Å². The SMILES string of the molecule is Cc1ccc(S(=O)(=O)c2coc(C)c2)cc1. The molecule has 0 aliphatic carbocycles. The summed E-state index contributed by atoms with van der Waals surface area (Å²) in [5, 5.41) is 0. The molecule has 0 saturated heterocycles. The second-order valence-corrected chi connectivity index (χ2v) is 5.66. The monoisotopic (exact) mass is 236 g/mol. The summed E-state index contributed by atoms with van der Waals surface area (Å²) in [6, 6.07) is 8.29. The predicted octanol–water partition coefficient (Wildman–Crippen LogP) is 2.73. The van der Waals surface area contributed by atoms with Crippen LogP contribution in [-0.2, 0) is 9.84 Å². The molecule has 0 aliphatic rings. The van der Waals surface area contributed by atoms with Crippen LogP contribution in [0.4, 0.5) is 0 Å². The van der Waals surface area contributed by atoms with Crippen molar-refractivity contribution in [3.8, 4) is 0 Å². The molecule has 2 aromatic rings. The Balaban J connectivity index is 2.51. The summed E-state index contributed by atoms with van der Waals surface area (Å²) < 4.78 is 29.2. The van der Waals surface area contributed by atoms with Crippen molar-refractivity contribution < 1.29 is 12.8 Å². The van der Waals surface area contributed by atoms with Crippen molar-refractivity contribution in [2.24, 2.45) is 0 Å². The fourth-order valence-electron chi connectivity index (χ4n) is 1.41. The van der Waals surface area contributed by atoms with Crippen molar-refractivity contribution in [1.82, 2.24) is 0 Å². The van der Waals surface area contributed by atoms with Gasteiger partial charge in [0.25, 0.3) is 0 Å². The lowest BCUT2D eigenvalue weighted by Crippen LogP contribution is -2.00. The topological polar surface area (TPSA) is 47.3 Å².